The molecule has 0 spiro atoms. The highest BCUT2D eigenvalue weighted by Crippen LogP contribution is 2.38. The largest absolute Gasteiger partial charge is 0.338 e. The lowest BCUT2D eigenvalue weighted by molar-refractivity contribution is 0.252. The number of aryl methyl sites for hydroxylation is 1. The molecule has 4 rings (SSSR count). The van der Waals surface area contributed by atoms with E-state index in [2.05, 4.69) is 31.7 Å². The maximum atomic E-state index is 11.9. The summed E-state index contributed by atoms with van der Waals surface area (Å²) in [5.74, 6) is 0. The van der Waals surface area contributed by atoms with Gasteiger partial charge in [0.05, 0.1) is 28.4 Å². The lowest BCUT2D eigenvalue weighted by Gasteiger charge is -2.07. The van der Waals surface area contributed by atoms with Gasteiger partial charge in [0.2, 0.25) is 0 Å². The van der Waals surface area contributed by atoms with E-state index in [9.17, 15) is 4.79 Å². The van der Waals surface area contributed by atoms with Crippen molar-refractivity contribution in [2.24, 2.45) is 7.05 Å². The third-order valence-electron chi connectivity index (χ3n) is 4.14. The van der Waals surface area contributed by atoms with Crippen molar-refractivity contribution in [1.29, 1.82) is 0 Å². The van der Waals surface area contributed by atoms with Crippen LogP contribution in [0.1, 0.15) is 6.92 Å². The number of benzene rings is 1. The molecule has 136 valence electrons. The van der Waals surface area contributed by atoms with E-state index in [0.717, 1.165) is 32.6 Å². The van der Waals surface area contributed by atoms with Crippen molar-refractivity contribution in [3.8, 4) is 22.4 Å². The van der Waals surface area contributed by atoms with Gasteiger partial charge in [-0.15, -0.1) is 0 Å². The summed E-state index contributed by atoms with van der Waals surface area (Å²) in [7, 11) is 1.96. The number of hydrogen-bond acceptors (Lipinski definition) is 5. The number of carbonyl (C=O) groups is 1. The zero-order chi connectivity index (χ0) is 18.8. The molecule has 7 nitrogen and oxygen atoms in total. The summed E-state index contributed by atoms with van der Waals surface area (Å²) >= 11 is 1.45. The number of hydrogen-bond donors (Lipinski definition) is 2. The van der Waals surface area contributed by atoms with Crippen LogP contribution < -0.4 is 10.6 Å². The van der Waals surface area contributed by atoms with Crippen LogP contribution in [0.25, 0.3) is 32.6 Å². The topological polar surface area (TPSA) is 84.7 Å². The molecule has 0 unspecified atom stereocenters. The van der Waals surface area contributed by atoms with Crippen LogP contribution in [0.3, 0.4) is 0 Å². The molecule has 2 N–H and O–H groups in total. The number of imidazole rings is 1. The van der Waals surface area contributed by atoms with Crippen molar-refractivity contribution >= 4 is 32.7 Å². The van der Waals surface area contributed by atoms with Crippen LogP contribution in [0.5, 0.6) is 0 Å². The summed E-state index contributed by atoms with van der Waals surface area (Å²) in [6.07, 6.45) is 7.18. The van der Waals surface area contributed by atoms with E-state index >= 15 is 0 Å². The Kier molecular flexibility index (Phi) is 4.55. The summed E-state index contributed by atoms with van der Waals surface area (Å²) in [5, 5.41) is 6.08. The fraction of sp³-hybridized carbons (Fsp3) is 0.158. The molecule has 27 heavy (non-hydrogen) atoms. The number of nitrogens with zero attached hydrogens (tertiary/aromatic N) is 4. The van der Waals surface area contributed by atoms with Crippen LogP contribution in [0.4, 0.5) is 9.93 Å². The Morgan fingerprint density at radius 2 is 2.11 bits per heavy atom. The number of aromatic nitrogens is 4. The molecule has 0 fully saturated rings. The molecule has 0 radical (unpaired) electrons. The molecule has 0 atom stereocenters. The number of amides is 2. The highest BCUT2D eigenvalue weighted by atomic mass is 32.1. The molecule has 3 heterocycles. The molecule has 0 bridgehead atoms. The van der Waals surface area contributed by atoms with E-state index in [1.54, 1.807) is 12.5 Å². The number of thiazole rings is 1. The lowest BCUT2D eigenvalue weighted by Crippen LogP contribution is -2.28. The highest BCUT2D eigenvalue weighted by Gasteiger charge is 2.16. The van der Waals surface area contributed by atoms with Crippen LogP contribution in [0, 0.1) is 0 Å². The lowest BCUT2D eigenvalue weighted by atomic mass is 10.0. The van der Waals surface area contributed by atoms with Gasteiger partial charge in [0.1, 0.15) is 0 Å². The Hall–Kier alpha value is -3.26. The summed E-state index contributed by atoms with van der Waals surface area (Å²) in [6, 6.07) is 7.80. The molecule has 0 aliphatic carbocycles. The number of carbonyl (C=O) groups excluding carboxylic acids is 1. The number of rotatable bonds is 4. The van der Waals surface area contributed by atoms with Gasteiger partial charge < -0.3 is 9.88 Å². The van der Waals surface area contributed by atoms with Crippen molar-refractivity contribution in [2.45, 2.75) is 6.92 Å². The van der Waals surface area contributed by atoms with Gasteiger partial charge in [0.25, 0.3) is 0 Å². The van der Waals surface area contributed by atoms with E-state index in [1.165, 1.54) is 11.3 Å². The zero-order valence-corrected chi connectivity index (χ0v) is 15.7. The second kappa shape index (κ2) is 7.16. The zero-order valence-electron chi connectivity index (χ0n) is 14.9. The smallest absolute Gasteiger partial charge is 0.321 e. The number of nitrogens with one attached hydrogen (secondary N) is 2. The van der Waals surface area contributed by atoms with Crippen molar-refractivity contribution in [3.63, 3.8) is 0 Å². The quantitative estimate of drug-likeness (QED) is 0.564. The third kappa shape index (κ3) is 3.39. The average molecular weight is 378 g/mol. The molecule has 1 aromatic carbocycles. The SMILES string of the molecule is CCNC(=O)Nc1nc2cc(-c3cccnc3)cc(-c3cncn3C)c2s1. The number of fused-ring (bicyclic) bond motifs is 1. The first-order valence-corrected chi connectivity index (χ1v) is 9.34. The minimum Gasteiger partial charge on any atom is -0.338 e. The Balaban J connectivity index is 1.88. The Morgan fingerprint density at radius 1 is 1.22 bits per heavy atom. The molecule has 2 amide bonds. The van der Waals surface area contributed by atoms with Crippen LogP contribution in [-0.4, -0.2) is 32.1 Å². The molecule has 8 heteroatoms. The highest BCUT2D eigenvalue weighted by molar-refractivity contribution is 7.22. The molecule has 4 aromatic rings. The van der Waals surface area contributed by atoms with Crippen LogP contribution in [-0.2, 0) is 7.05 Å². The minimum absolute atomic E-state index is 0.258. The molecule has 3 aromatic heterocycles. The van der Waals surface area contributed by atoms with E-state index in [1.807, 2.05) is 49.1 Å². The van der Waals surface area contributed by atoms with Crippen molar-refractivity contribution in [1.82, 2.24) is 24.8 Å². The maximum Gasteiger partial charge on any atom is 0.321 e. The van der Waals surface area contributed by atoms with Gasteiger partial charge in [-0.3, -0.25) is 10.3 Å². The first-order valence-electron chi connectivity index (χ1n) is 8.52. The Morgan fingerprint density at radius 3 is 2.81 bits per heavy atom. The van der Waals surface area contributed by atoms with Gasteiger partial charge in [-0.1, -0.05) is 17.4 Å². The minimum atomic E-state index is -0.258. The van der Waals surface area contributed by atoms with Crippen LogP contribution >= 0.6 is 11.3 Å². The first kappa shape index (κ1) is 17.2. The molecule has 0 aliphatic rings. The van der Waals surface area contributed by atoms with E-state index in [-0.39, 0.29) is 6.03 Å². The second-order valence-electron chi connectivity index (χ2n) is 6.01. The number of urea groups is 1. The monoisotopic (exact) mass is 378 g/mol. The number of pyridine rings is 1. The summed E-state index contributed by atoms with van der Waals surface area (Å²) < 4.78 is 2.97. The Labute approximate surface area is 160 Å². The standard InChI is InChI=1S/C19H18N6OS/c1-3-22-18(26)24-19-23-15-8-13(12-5-4-6-20-9-12)7-14(17(15)27-19)16-10-21-11-25(16)2/h4-11H,3H2,1-2H3,(H2,22,23,24,26). The summed E-state index contributed by atoms with van der Waals surface area (Å²) in [5.41, 5.74) is 4.85. The van der Waals surface area contributed by atoms with Crippen molar-refractivity contribution in [2.75, 3.05) is 11.9 Å². The van der Waals surface area contributed by atoms with Gasteiger partial charge in [-0.05, 0) is 30.7 Å². The first-order chi connectivity index (χ1) is 13.2. The molecule has 0 aliphatic heterocycles. The van der Waals surface area contributed by atoms with E-state index in [4.69, 9.17) is 0 Å². The van der Waals surface area contributed by atoms with Gasteiger partial charge in [0.15, 0.2) is 5.13 Å². The second-order valence-corrected chi connectivity index (χ2v) is 7.01. The van der Waals surface area contributed by atoms with E-state index in [0.29, 0.717) is 11.7 Å². The fourth-order valence-corrected chi connectivity index (χ4v) is 3.86. The molecular weight excluding hydrogens is 360 g/mol. The normalized spacial score (nSPS) is 10.9. The van der Waals surface area contributed by atoms with Crippen molar-refractivity contribution in [3.05, 3.63) is 49.2 Å². The molecule has 0 saturated heterocycles. The van der Waals surface area contributed by atoms with Gasteiger partial charge in [0, 0.05) is 37.1 Å². The van der Waals surface area contributed by atoms with Crippen LogP contribution in [0.2, 0.25) is 0 Å². The predicted molar refractivity (Wildman–Crippen MR) is 108 cm³/mol. The molecular formula is C19H18N6OS. The fourth-order valence-electron chi connectivity index (χ4n) is 2.90. The van der Waals surface area contributed by atoms with Gasteiger partial charge in [-0.2, -0.15) is 0 Å². The van der Waals surface area contributed by atoms with E-state index < -0.39 is 0 Å². The average Bonchev–Trinajstić information content (AvgIpc) is 3.27. The maximum absolute atomic E-state index is 11.9. The number of anilines is 1. The molecule has 0 saturated carbocycles. The summed E-state index contributed by atoms with van der Waals surface area (Å²) in [4.78, 5) is 24.9. The summed E-state index contributed by atoms with van der Waals surface area (Å²) in [6.45, 7) is 2.43. The third-order valence-corrected chi connectivity index (χ3v) is 5.16. The van der Waals surface area contributed by atoms with Gasteiger partial charge >= 0.3 is 6.03 Å². The predicted octanol–water partition coefficient (Wildman–Crippen LogP) is 3.90. The van der Waals surface area contributed by atoms with Crippen molar-refractivity contribution < 1.29 is 4.79 Å². The Bertz CT molecular complexity index is 1100. The van der Waals surface area contributed by atoms with Crippen LogP contribution in [0.15, 0.2) is 49.2 Å². The van der Waals surface area contributed by atoms with Gasteiger partial charge in [-0.25, -0.2) is 14.8 Å².